The molecule has 0 saturated carbocycles. The Kier molecular flexibility index (Phi) is 4.23. The number of carbonyl (C=O) groups is 2. The molecular weight excluding hydrogens is 138 g/mol. The Morgan fingerprint density at radius 1 is 1.50 bits per heavy atom. The lowest BCUT2D eigenvalue weighted by Gasteiger charge is -1.98. The van der Waals surface area contributed by atoms with Crippen LogP contribution in [0, 0.1) is 0 Å². The molecule has 3 N–H and O–H groups in total. The van der Waals surface area contributed by atoms with Gasteiger partial charge in [-0.1, -0.05) is 0 Å². The Balaban J connectivity index is 3.35. The number of carboxylic acids is 1. The monoisotopic (exact) mass is 147 g/mol. The summed E-state index contributed by atoms with van der Waals surface area (Å²) in [4.78, 5) is 20.2. The van der Waals surface area contributed by atoms with Crippen molar-refractivity contribution in [3.8, 4) is 0 Å². The fourth-order valence-electron chi connectivity index (χ4n) is 0.347. The summed E-state index contributed by atoms with van der Waals surface area (Å²) in [6.07, 6.45) is -0.597. The Bertz CT molecular complexity index is 134. The molecule has 0 aliphatic carbocycles. The van der Waals surface area contributed by atoms with E-state index in [4.69, 9.17) is 10.8 Å². The summed E-state index contributed by atoms with van der Waals surface area (Å²) in [6, 6.07) is 0. The first kappa shape index (κ1) is 8.90. The van der Waals surface area contributed by atoms with E-state index in [2.05, 4.69) is 4.74 Å². The average molecular weight is 147 g/mol. The SMILES string of the molecule is NCCOC(=O)CC(=O)O. The molecule has 0 radical (unpaired) electrons. The molecule has 0 aromatic rings. The smallest absolute Gasteiger partial charge is 0.317 e. The van der Waals surface area contributed by atoms with Gasteiger partial charge in [-0.2, -0.15) is 0 Å². The summed E-state index contributed by atoms with van der Waals surface area (Å²) in [6.45, 7) is 0.289. The van der Waals surface area contributed by atoms with Crippen LogP contribution >= 0.6 is 0 Å². The van der Waals surface area contributed by atoms with E-state index in [0.29, 0.717) is 0 Å². The molecule has 0 unspecified atom stereocenters. The number of carbonyl (C=O) groups excluding carboxylic acids is 1. The predicted molar refractivity (Wildman–Crippen MR) is 32.3 cm³/mol. The van der Waals surface area contributed by atoms with E-state index >= 15 is 0 Å². The molecule has 0 aromatic carbocycles. The Hall–Kier alpha value is -1.10. The quantitative estimate of drug-likeness (QED) is 0.391. The van der Waals surface area contributed by atoms with Crippen molar-refractivity contribution in [2.75, 3.05) is 13.2 Å². The van der Waals surface area contributed by atoms with Gasteiger partial charge < -0.3 is 15.6 Å². The van der Waals surface area contributed by atoms with Crippen LogP contribution in [0.1, 0.15) is 6.42 Å². The van der Waals surface area contributed by atoms with E-state index in [-0.39, 0.29) is 13.2 Å². The Labute approximate surface area is 57.8 Å². The van der Waals surface area contributed by atoms with Crippen LogP contribution in [-0.4, -0.2) is 30.2 Å². The maximum Gasteiger partial charge on any atom is 0.317 e. The second-order valence-corrected chi connectivity index (χ2v) is 1.58. The molecule has 0 amide bonds. The van der Waals surface area contributed by atoms with Gasteiger partial charge in [0.1, 0.15) is 13.0 Å². The Morgan fingerprint density at radius 2 is 2.10 bits per heavy atom. The summed E-state index contributed by atoms with van der Waals surface area (Å²) in [5.74, 6) is -1.94. The first-order valence-electron chi connectivity index (χ1n) is 2.74. The zero-order valence-electron chi connectivity index (χ0n) is 5.37. The van der Waals surface area contributed by atoms with E-state index in [9.17, 15) is 9.59 Å². The molecule has 5 nitrogen and oxygen atoms in total. The van der Waals surface area contributed by atoms with Crippen molar-refractivity contribution in [2.24, 2.45) is 5.73 Å². The molecule has 0 aromatic heterocycles. The topological polar surface area (TPSA) is 89.6 Å². The van der Waals surface area contributed by atoms with Gasteiger partial charge in [-0.15, -0.1) is 0 Å². The van der Waals surface area contributed by atoms with Crippen molar-refractivity contribution < 1.29 is 19.4 Å². The van der Waals surface area contributed by atoms with Crippen molar-refractivity contribution in [1.29, 1.82) is 0 Å². The molecule has 0 fully saturated rings. The van der Waals surface area contributed by atoms with Gasteiger partial charge in [-0.05, 0) is 0 Å². The maximum absolute atomic E-state index is 10.4. The molecule has 5 heteroatoms. The highest BCUT2D eigenvalue weighted by Gasteiger charge is 2.06. The lowest BCUT2D eigenvalue weighted by molar-refractivity contribution is -0.151. The maximum atomic E-state index is 10.4. The van der Waals surface area contributed by atoms with Crippen LogP contribution in [0.4, 0.5) is 0 Å². The largest absolute Gasteiger partial charge is 0.481 e. The average Bonchev–Trinajstić information content (AvgIpc) is 1.82. The molecule has 0 aliphatic heterocycles. The summed E-state index contributed by atoms with van der Waals surface area (Å²) < 4.78 is 4.36. The molecule has 0 bridgehead atoms. The fraction of sp³-hybridized carbons (Fsp3) is 0.600. The minimum atomic E-state index is -1.19. The molecular formula is C5H9NO4. The molecule has 58 valence electrons. The standard InChI is InChI=1S/C5H9NO4/c6-1-2-10-5(9)3-4(7)8/h1-3,6H2,(H,7,8). The second-order valence-electron chi connectivity index (χ2n) is 1.58. The van der Waals surface area contributed by atoms with Gasteiger partial charge in [-0.3, -0.25) is 9.59 Å². The molecule has 0 aliphatic rings. The lowest BCUT2D eigenvalue weighted by Crippen LogP contribution is -2.15. The van der Waals surface area contributed by atoms with Crippen LogP contribution in [0.25, 0.3) is 0 Å². The fourth-order valence-corrected chi connectivity index (χ4v) is 0.347. The van der Waals surface area contributed by atoms with E-state index in [1.165, 1.54) is 0 Å². The van der Waals surface area contributed by atoms with Crippen LogP contribution in [0.3, 0.4) is 0 Å². The second kappa shape index (κ2) is 4.75. The predicted octanol–water partition coefficient (Wildman–Crippen LogP) is -1.04. The van der Waals surface area contributed by atoms with Gasteiger partial charge in [0.25, 0.3) is 0 Å². The molecule has 0 atom stereocenters. The zero-order valence-corrected chi connectivity index (χ0v) is 5.37. The van der Waals surface area contributed by atoms with Gasteiger partial charge in [0.2, 0.25) is 0 Å². The normalized spacial score (nSPS) is 8.90. The molecule has 0 rings (SSSR count). The molecule has 0 saturated heterocycles. The minimum Gasteiger partial charge on any atom is -0.481 e. The zero-order chi connectivity index (χ0) is 7.98. The summed E-state index contributed by atoms with van der Waals surface area (Å²) >= 11 is 0. The van der Waals surface area contributed by atoms with Crippen LogP contribution in [0.2, 0.25) is 0 Å². The van der Waals surface area contributed by atoms with E-state index < -0.39 is 18.4 Å². The summed E-state index contributed by atoms with van der Waals surface area (Å²) in [5, 5.41) is 8.05. The van der Waals surface area contributed by atoms with Gasteiger partial charge >= 0.3 is 11.9 Å². The number of carboxylic acid groups (broad SMARTS) is 1. The molecule has 0 heterocycles. The van der Waals surface area contributed by atoms with Crippen molar-refractivity contribution in [1.82, 2.24) is 0 Å². The first-order chi connectivity index (χ1) is 4.66. The number of aliphatic carboxylic acids is 1. The van der Waals surface area contributed by atoms with Gasteiger partial charge in [-0.25, -0.2) is 0 Å². The minimum absolute atomic E-state index is 0.0755. The van der Waals surface area contributed by atoms with E-state index in [0.717, 1.165) is 0 Å². The van der Waals surface area contributed by atoms with Gasteiger partial charge in [0, 0.05) is 6.54 Å². The van der Waals surface area contributed by atoms with E-state index in [1.54, 1.807) is 0 Å². The molecule has 0 spiro atoms. The third kappa shape index (κ3) is 5.04. The van der Waals surface area contributed by atoms with Crippen molar-refractivity contribution in [3.63, 3.8) is 0 Å². The van der Waals surface area contributed by atoms with Crippen molar-refractivity contribution >= 4 is 11.9 Å². The third-order valence-electron chi connectivity index (χ3n) is 0.676. The van der Waals surface area contributed by atoms with Gasteiger partial charge in [0.15, 0.2) is 0 Å². The highest BCUT2D eigenvalue weighted by molar-refractivity contribution is 5.90. The number of ether oxygens (including phenoxy) is 1. The third-order valence-corrected chi connectivity index (χ3v) is 0.676. The number of nitrogens with two attached hydrogens (primary N) is 1. The van der Waals surface area contributed by atoms with E-state index in [1.807, 2.05) is 0 Å². The number of rotatable bonds is 4. The van der Waals surface area contributed by atoms with Gasteiger partial charge in [0.05, 0.1) is 0 Å². The first-order valence-corrected chi connectivity index (χ1v) is 2.74. The number of hydrogen-bond donors (Lipinski definition) is 2. The highest BCUT2D eigenvalue weighted by atomic mass is 16.5. The Morgan fingerprint density at radius 3 is 2.50 bits per heavy atom. The van der Waals surface area contributed by atoms with Crippen LogP contribution in [-0.2, 0) is 14.3 Å². The summed E-state index contributed by atoms with van der Waals surface area (Å²) in [7, 11) is 0. The van der Waals surface area contributed by atoms with Crippen LogP contribution < -0.4 is 5.73 Å². The van der Waals surface area contributed by atoms with Crippen molar-refractivity contribution in [3.05, 3.63) is 0 Å². The number of hydrogen-bond acceptors (Lipinski definition) is 4. The highest BCUT2D eigenvalue weighted by Crippen LogP contribution is 1.84. The van der Waals surface area contributed by atoms with Crippen molar-refractivity contribution in [2.45, 2.75) is 6.42 Å². The molecule has 10 heavy (non-hydrogen) atoms. The lowest BCUT2D eigenvalue weighted by atomic mass is 10.4. The number of esters is 1. The summed E-state index contributed by atoms with van der Waals surface area (Å²) in [5.41, 5.74) is 4.98. The van der Waals surface area contributed by atoms with Crippen LogP contribution in [0.5, 0.6) is 0 Å². The van der Waals surface area contributed by atoms with Crippen LogP contribution in [0.15, 0.2) is 0 Å².